The van der Waals surface area contributed by atoms with Crippen LogP contribution in [0.5, 0.6) is 5.75 Å². The highest BCUT2D eigenvalue weighted by molar-refractivity contribution is 8.00. The molecule has 1 aromatic carbocycles. The number of rotatable bonds is 7. The molecule has 0 amide bonds. The maximum Gasteiger partial charge on any atom is 0.441 e. The Balaban J connectivity index is 2.75. The van der Waals surface area contributed by atoms with Crippen molar-refractivity contribution in [3.8, 4) is 5.75 Å². The molecule has 0 saturated carbocycles. The minimum Gasteiger partial charge on any atom is -0.491 e. The first-order chi connectivity index (χ1) is 9.73. The van der Waals surface area contributed by atoms with Gasteiger partial charge in [-0.2, -0.15) is 13.2 Å². The van der Waals surface area contributed by atoms with Gasteiger partial charge in [0.1, 0.15) is 5.75 Å². The summed E-state index contributed by atoms with van der Waals surface area (Å²) in [4.78, 5) is 0. The lowest BCUT2D eigenvalue weighted by atomic mass is 10.0. The van der Waals surface area contributed by atoms with E-state index in [4.69, 9.17) is 33.7 Å². The number of ether oxygens (including phenoxy) is 1. The first-order valence-electron chi connectivity index (χ1n) is 6.30. The van der Waals surface area contributed by atoms with Gasteiger partial charge in [0, 0.05) is 16.8 Å². The fourth-order valence-electron chi connectivity index (χ4n) is 1.65. The molecule has 0 radical (unpaired) electrons. The summed E-state index contributed by atoms with van der Waals surface area (Å²) in [6, 6.07) is 3.08. The Bertz CT molecular complexity index is 471. The van der Waals surface area contributed by atoms with Crippen LogP contribution in [0.4, 0.5) is 13.2 Å². The van der Waals surface area contributed by atoms with Crippen molar-refractivity contribution >= 4 is 35.0 Å². The molecule has 1 aromatic rings. The predicted molar refractivity (Wildman–Crippen MR) is 82.4 cm³/mol. The average Bonchev–Trinajstić information content (AvgIpc) is 2.35. The molecule has 0 spiro atoms. The van der Waals surface area contributed by atoms with Gasteiger partial charge < -0.3 is 10.5 Å². The lowest BCUT2D eigenvalue weighted by Crippen LogP contribution is -2.22. The highest BCUT2D eigenvalue weighted by Crippen LogP contribution is 2.34. The second kappa shape index (κ2) is 8.36. The summed E-state index contributed by atoms with van der Waals surface area (Å²) in [5, 5.41) is 0.716. The van der Waals surface area contributed by atoms with Crippen LogP contribution >= 0.6 is 35.0 Å². The maximum atomic E-state index is 12.1. The molecule has 2 N–H and O–H groups in total. The first kappa shape index (κ1) is 18.7. The monoisotopic (exact) mass is 361 g/mol. The summed E-state index contributed by atoms with van der Waals surface area (Å²) < 4.78 is 41.6. The Morgan fingerprint density at radius 1 is 1.33 bits per heavy atom. The molecule has 120 valence electrons. The maximum absolute atomic E-state index is 12.1. The fourth-order valence-corrected chi connectivity index (χ4v) is 2.64. The average molecular weight is 362 g/mol. The van der Waals surface area contributed by atoms with E-state index >= 15 is 0 Å². The summed E-state index contributed by atoms with van der Waals surface area (Å²) in [7, 11) is 0. The molecule has 21 heavy (non-hydrogen) atoms. The lowest BCUT2D eigenvalue weighted by Gasteiger charge is -2.16. The molecule has 0 aliphatic rings. The molecule has 0 aliphatic heterocycles. The van der Waals surface area contributed by atoms with Gasteiger partial charge in [0.05, 0.1) is 11.6 Å². The van der Waals surface area contributed by atoms with E-state index in [1.807, 2.05) is 6.92 Å². The van der Waals surface area contributed by atoms with Gasteiger partial charge in [-0.1, -0.05) is 30.1 Å². The Hall–Kier alpha value is -0.300. The molecule has 1 rings (SSSR count). The van der Waals surface area contributed by atoms with E-state index in [0.29, 0.717) is 22.8 Å². The summed E-state index contributed by atoms with van der Waals surface area (Å²) in [6.07, 6.45) is 1.26. The number of alkyl halides is 3. The lowest BCUT2D eigenvalue weighted by molar-refractivity contribution is -0.0329. The Morgan fingerprint density at radius 3 is 2.57 bits per heavy atom. The van der Waals surface area contributed by atoms with E-state index in [-0.39, 0.29) is 35.2 Å². The first-order valence-corrected chi connectivity index (χ1v) is 8.04. The molecule has 0 bridgehead atoms. The summed E-state index contributed by atoms with van der Waals surface area (Å²) in [5.74, 6) is 0.148. The molecule has 0 heterocycles. The zero-order chi connectivity index (χ0) is 16.0. The van der Waals surface area contributed by atoms with Crippen molar-refractivity contribution in [1.29, 1.82) is 0 Å². The fraction of sp³-hybridized carbons (Fsp3) is 0.538. The van der Waals surface area contributed by atoms with Crippen LogP contribution in [0.3, 0.4) is 0 Å². The molecular formula is C13H16Cl2F3NOS. The standard InChI is InChI=1S/C13H16Cl2F3NOS/c1-2-10(19)6-8-5-9(14)7-11(15)12(8)20-3-4-21-13(16,17)18/h5,7,10H,2-4,6,19H2,1H3. The molecule has 1 atom stereocenters. The van der Waals surface area contributed by atoms with Gasteiger partial charge in [0.15, 0.2) is 0 Å². The summed E-state index contributed by atoms with van der Waals surface area (Å²) >= 11 is 11.9. The van der Waals surface area contributed by atoms with Crippen LogP contribution in [0.25, 0.3) is 0 Å². The third kappa shape index (κ3) is 7.00. The van der Waals surface area contributed by atoms with E-state index in [0.717, 1.165) is 6.42 Å². The zero-order valence-electron chi connectivity index (χ0n) is 11.3. The largest absolute Gasteiger partial charge is 0.491 e. The van der Waals surface area contributed by atoms with Gasteiger partial charge in [-0.25, -0.2) is 0 Å². The molecule has 1 unspecified atom stereocenters. The van der Waals surface area contributed by atoms with Crippen LogP contribution in [0.2, 0.25) is 10.0 Å². The van der Waals surface area contributed by atoms with Crippen molar-refractivity contribution < 1.29 is 17.9 Å². The smallest absolute Gasteiger partial charge is 0.441 e. The van der Waals surface area contributed by atoms with E-state index < -0.39 is 5.51 Å². The number of hydrogen-bond donors (Lipinski definition) is 1. The van der Waals surface area contributed by atoms with Crippen LogP contribution in [0, 0.1) is 0 Å². The van der Waals surface area contributed by atoms with Crippen molar-refractivity contribution in [3.05, 3.63) is 27.7 Å². The molecule has 2 nitrogen and oxygen atoms in total. The van der Waals surface area contributed by atoms with Gasteiger partial charge in [0.2, 0.25) is 0 Å². The van der Waals surface area contributed by atoms with Gasteiger partial charge in [0.25, 0.3) is 0 Å². The SMILES string of the molecule is CCC(N)Cc1cc(Cl)cc(Cl)c1OCCSC(F)(F)F. The third-order valence-electron chi connectivity index (χ3n) is 2.69. The zero-order valence-corrected chi connectivity index (χ0v) is 13.7. The Morgan fingerprint density at radius 2 is 2.00 bits per heavy atom. The van der Waals surface area contributed by atoms with Crippen LogP contribution in [-0.2, 0) is 6.42 Å². The van der Waals surface area contributed by atoms with Gasteiger partial charge in [-0.3, -0.25) is 0 Å². The summed E-state index contributed by atoms with van der Waals surface area (Å²) in [6.45, 7) is 1.84. The van der Waals surface area contributed by atoms with E-state index in [2.05, 4.69) is 0 Å². The van der Waals surface area contributed by atoms with Crippen LogP contribution in [0.1, 0.15) is 18.9 Å². The number of halogens is 5. The van der Waals surface area contributed by atoms with Crippen LogP contribution in [0.15, 0.2) is 12.1 Å². The van der Waals surface area contributed by atoms with Crippen molar-refractivity contribution in [2.75, 3.05) is 12.4 Å². The topological polar surface area (TPSA) is 35.2 Å². The van der Waals surface area contributed by atoms with Crippen molar-refractivity contribution in [2.24, 2.45) is 5.73 Å². The minimum absolute atomic E-state index is 0.0913. The normalized spacial score (nSPS) is 13.3. The quantitative estimate of drug-likeness (QED) is 0.701. The number of nitrogens with two attached hydrogens (primary N) is 1. The van der Waals surface area contributed by atoms with E-state index in [9.17, 15) is 13.2 Å². The molecule has 0 saturated heterocycles. The van der Waals surface area contributed by atoms with Crippen molar-refractivity contribution in [2.45, 2.75) is 31.3 Å². The Kier molecular flexibility index (Phi) is 7.47. The molecule has 8 heteroatoms. The minimum atomic E-state index is -4.26. The number of hydrogen-bond acceptors (Lipinski definition) is 3. The molecule has 0 aromatic heterocycles. The van der Waals surface area contributed by atoms with E-state index in [1.54, 1.807) is 6.07 Å². The second-order valence-corrected chi connectivity index (χ2v) is 6.39. The molecule has 0 fully saturated rings. The van der Waals surface area contributed by atoms with E-state index in [1.165, 1.54) is 6.07 Å². The molecule has 0 aliphatic carbocycles. The van der Waals surface area contributed by atoms with Gasteiger partial charge in [-0.05, 0) is 42.3 Å². The number of thioether (sulfide) groups is 1. The van der Waals surface area contributed by atoms with Gasteiger partial charge >= 0.3 is 5.51 Å². The van der Waals surface area contributed by atoms with Crippen LogP contribution < -0.4 is 10.5 Å². The Labute approximate surface area is 136 Å². The van der Waals surface area contributed by atoms with Crippen molar-refractivity contribution in [3.63, 3.8) is 0 Å². The molecular weight excluding hydrogens is 346 g/mol. The van der Waals surface area contributed by atoms with Crippen LogP contribution in [-0.4, -0.2) is 23.9 Å². The highest BCUT2D eigenvalue weighted by atomic mass is 35.5. The third-order valence-corrected chi connectivity index (χ3v) is 3.88. The summed E-state index contributed by atoms with van der Waals surface area (Å²) in [5.41, 5.74) is 2.34. The van der Waals surface area contributed by atoms with Gasteiger partial charge in [-0.15, -0.1) is 0 Å². The second-order valence-electron chi connectivity index (χ2n) is 4.39. The predicted octanol–water partition coefficient (Wildman–Crippen LogP) is 4.91. The highest BCUT2D eigenvalue weighted by Gasteiger charge is 2.27. The van der Waals surface area contributed by atoms with Crippen molar-refractivity contribution in [1.82, 2.24) is 0 Å². The number of benzene rings is 1.